The van der Waals surface area contributed by atoms with Gasteiger partial charge in [0.05, 0.1) is 10.8 Å². The van der Waals surface area contributed by atoms with Gasteiger partial charge in [-0.3, -0.25) is 0 Å². The fraction of sp³-hybridized carbons (Fsp3) is 0.467. The van der Waals surface area contributed by atoms with E-state index in [9.17, 15) is 4.21 Å². The van der Waals surface area contributed by atoms with Gasteiger partial charge in [0.15, 0.2) is 0 Å². The van der Waals surface area contributed by atoms with Crippen LogP contribution in [-0.2, 0) is 11.0 Å². The lowest BCUT2D eigenvalue weighted by molar-refractivity contribution is 0.443. The van der Waals surface area contributed by atoms with E-state index >= 15 is 0 Å². The van der Waals surface area contributed by atoms with Crippen LogP contribution in [0.3, 0.4) is 0 Å². The predicted octanol–water partition coefficient (Wildman–Crippen LogP) is 8.03. The number of fused-ring (bicyclic) bond motifs is 1. The molecule has 0 aliphatic carbocycles. The quantitative estimate of drug-likeness (QED) is 0.328. The second kappa shape index (κ2) is 9.84. The maximum Gasteiger partial charge on any atom is 0.100 e. The average molecular weight is 496 g/mol. The minimum atomic E-state index is -1.18. The lowest BCUT2D eigenvalue weighted by Crippen LogP contribution is -2.40. The van der Waals surface area contributed by atoms with Gasteiger partial charge in [-0.05, 0) is 58.3 Å². The second-order valence-electron chi connectivity index (χ2n) is 12.1. The summed E-state index contributed by atoms with van der Waals surface area (Å²) in [6.45, 7) is 20.4. The third-order valence-corrected chi connectivity index (χ3v) is 11.4. The Morgan fingerprint density at radius 3 is 1.79 bits per heavy atom. The Morgan fingerprint density at radius 2 is 1.21 bits per heavy atom. The van der Waals surface area contributed by atoms with Gasteiger partial charge >= 0.3 is 0 Å². The monoisotopic (exact) mass is 495 g/mol. The van der Waals surface area contributed by atoms with Crippen molar-refractivity contribution in [3.8, 4) is 0 Å². The first-order valence-corrected chi connectivity index (χ1v) is 14.6. The number of hydrogen-bond donors (Lipinski definition) is 0. The van der Waals surface area contributed by atoms with Crippen LogP contribution in [0.4, 0.5) is 0 Å². The molecule has 1 unspecified atom stereocenters. The lowest BCUT2D eigenvalue weighted by atomic mass is 9.94. The van der Waals surface area contributed by atoms with Gasteiger partial charge in [-0.1, -0.05) is 116 Å². The molecular weight excluding hydrogens is 453 g/mol. The van der Waals surface area contributed by atoms with Crippen LogP contribution < -0.4 is 5.30 Å². The van der Waals surface area contributed by atoms with Gasteiger partial charge in [-0.2, -0.15) is 0 Å². The highest BCUT2D eigenvalue weighted by Crippen LogP contribution is 2.59. The Kier molecular flexibility index (Phi) is 7.83. The van der Waals surface area contributed by atoms with E-state index in [4.69, 9.17) is 0 Å². The number of hydrogen-bond acceptors (Lipinski definition) is 1. The van der Waals surface area contributed by atoms with Crippen LogP contribution in [-0.4, -0.2) is 30.6 Å². The molecular formula is C30H42NOPS. The minimum absolute atomic E-state index is 0.114. The van der Waals surface area contributed by atoms with Crippen molar-refractivity contribution in [3.63, 3.8) is 0 Å². The zero-order valence-corrected chi connectivity index (χ0v) is 24.4. The van der Waals surface area contributed by atoms with Crippen molar-refractivity contribution < 1.29 is 4.21 Å². The predicted molar refractivity (Wildman–Crippen MR) is 154 cm³/mol. The summed E-state index contributed by atoms with van der Waals surface area (Å²) in [5.41, 5.74) is 2.48. The molecule has 0 saturated heterocycles. The first-order chi connectivity index (χ1) is 15.6. The molecule has 2 atom stereocenters. The van der Waals surface area contributed by atoms with Gasteiger partial charge in [0.1, 0.15) is 11.0 Å². The zero-order valence-electron chi connectivity index (χ0n) is 22.6. The molecule has 0 spiro atoms. The summed E-state index contributed by atoms with van der Waals surface area (Å²) in [4.78, 5) is 0. The molecule has 3 aromatic rings. The summed E-state index contributed by atoms with van der Waals surface area (Å²) in [6.07, 6.45) is 0. The number of benzene rings is 3. The van der Waals surface area contributed by atoms with Crippen molar-refractivity contribution in [2.75, 3.05) is 7.05 Å². The smallest absolute Gasteiger partial charge is 0.100 e. The molecule has 0 radical (unpaired) electrons. The van der Waals surface area contributed by atoms with Gasteiger partial charge in [0.25, 0.3) is 0 Å². The highest BCUT2D eigenvalue weighted by molar-refractivity contribution is 7.84. The fourth-order valence-corrected chi connectivity index (χ4v) is 10.7. The molecule has 0 saturated carbocycles. The topological polar surface area (TPSA) is 20.3 Å². The molecule has 0 aliphatic heterocycles. The summed E-state index contributed by atoms with van der Waals surface area (Å²) >= 11 is 0. The molecule has 0 aliphatic rings. The number of rotatable bonds is 5. The Morgan fingerprint density at radius 1 is 0.706 bits per heavy atom. The molecule has 3 aromatic carbocycles. The fourth-order valence-electron chi connectivity index (χ4n) is 5.23. The summed E-state index contributed by atoms with van der Waals surface area (Å²) in [6, 6.07) is 23.9. The molecule has 0 bridgehead atoms. The molecule has 0 amide bonds. The molecule has 34 heavy (non-hydrogen) atoms. The van der Waals surface area contributed by atoms with Crippen LogP contribution >= 0.6 is 7.92 Å². The maximum absolute atomic E-state index is 13.8. The van der Waals surface area contributed by atoms with E-state index in [1.165, 1.54) is 27.2 Å². The van der Waals surface area contributed by atoms with Crippen LogP contribution in [0.1, 0.15) is 79.5 Å². The third kappa shape index (κ3) is 5.64. The maximum atomic E-state index is 13.8. The first-order valence-electron chi connectivity index (χ1n) is 12.2. The van der Waals surface area contributed by atoms with E-state index in [0.717, 1.165) is 0 Å². The lowest BCUT2D eigenvalue weighted by Gasteiger charge is -2.44. The van der Waals surface area contributed by atoms with Crippen LogP contribution in [0.2, 0.25) is 0 Å². The highest BCUT2D eigenvalue weighted by Gasteiger charge is 2.39. The summed E-state index contributed by atoms with van der Waals surface area (Å²) in [5, 5.41) is 4.11. The van der Waals surface area contributed by atoms with Crippen molar-refractivity contribution in [1.82, 2.24) is 4.31 Å². The normalized spacial score (nSPS) is 15.2. The van der Waals surface area contributed by atoms with Crippen molar-refractivity contribution in [2.24, 2.45) is 0 Å². The molecule has 0 N–H and O–H groups in total. The Balaban J connectivity index is 2.37. The van der Waals surface area contributed by atoms with Crippen LogP contribution in [0, 0.1) is 0 Å². The molecule has 3 rings (SSSR count). The highest BCUT2D eigenvalue weighted by atomic mass is 32.2. The van der Waals surface area contributed by atoms with E-state index in [2.05, 4.69) is 133 Å². The van der Waals surface area contributed by atoms with Crippen molar-refractivity contribution in [1.29, 1.82) is 0 Å². The van der Waals surface area contributed by atoms with E-state index < -0.39 is 18.9 Å². The Bertz CT molecular complexity index is 1150. The van der Waals surface area contributed by atoms with Crippen LogP contribution in [0.25, 0.3) is 10.8 Å². The molecule has 2 nitrogen and oxygen atoms in total. The van der Waals surface area contributed by atoms with E-state index in [-0.39, 0.29) is 21.1 Å². The summed E-state index contributed by atoms with van der Waals surface area (Å²) in [7, 11) is 0.327. The van der Waals surface area contributed by atoms with Gasteiger partial charge in [-0.25, -0.2) is 8.51 Å². The van der Waals surface area contributed by atoms with Crippen LogP contribution in [0.15, 0.2) is 66.7 Å². The van der Waals surface area contributed by atoms with Gasteiger partial charge in [-0.15, -0.1) is 0 Å². The molecule has 0 fully saturated rings. The zero-order chi connectivity index (χ0) is 25.5. The summed E-state index contributed by atoms with van der Waals surface area (Å²) in [5.74, 6) is 0. The minimum Gasteiger partial charge on any atom is -0.242 e. The summed E-state index contributed by atoms with van der Waals surface area (Å²) < 4.78 is 15.5. The largest absolute Gasteiger partial charge is 0.242 e. The van der Waals surface area contributed by atoms with E-state index in [1.807, 2.05) is 7.05 Å². The van der Waals surface area contributed by atoms with Crippen molar-refractivity contribution >= 4 is 35.0 Å². The van der Waals surface area contributed by atoms with E-state index in [1.54, 1.807) is 0 Å². The molecule has 4 heteroatoms. The Labute approximate surface area is 211 Å². The van der Waals surface area contributed by atoms with Crippen LogP contribution in [0.5, 0.6) is 0 Å². The average Bonchev–Trinajstić information content (AvgIpc) is 2.72. The standard InChI is InChI=1S/C30H42NOPS/c1-28(2,3)33(29(4,5)6)26-21-14-13-19-25(26)27(31(10)34(32)30(7,8)9)24-20-15-17-22-16-11-12-18-23(22)24/h11-21,27H,1-10H3/t27-,34?/m0/s1. The molecule has 0 aromatic heterocycles. The van der Waals surface area contributed by atoms with E-state index in [0.29, 0.717) is 0 Å². The second-order valence-corrected chi connectivity index (χ2v) is 18.2. The van der Waals surface area contributed by atoms with Gasteiger partial charge < -0.3 is 0 Å². The SMILES string of the molecule is CN([C@H](c1ccccc1P(C(C)(C)C)C(C)(C)C)c1cccc2ccccc12)S(=O)C(C)(C)C. The Hall–Kier alpha value is -1.54. The number of nitrogens with zero attached hydrogens (tertiary/aromatic N) is 1. The van der Waals surface area contributed by atoms with Crippen molar-refractivity contribution in [2.45, 2.75) is 83.4 Å². The van der Waals surface area contributed by atoms with Gasteiger partial charge in [0.2, 0.25) is 0 Å². The first kappa shape index (κ1) is 27.1. The molecule has 184 valence electrons. The third-order valence-electron chi connectivity index (χ3n) is 6.08. The van der Waals surface area contributed by atoms with Gasteiger partial charge in [0, 0.05) is 7.05 Å². The van der Waals surface area contributed by atoms with Crippen molar-refractivity contribution in [3.05, 3.63) is 77.9 Å². The molecule has 0 heterocycles.